The molecule has 122 valence electrons. The average molecular weight is 324 g/mol. The zero-order valence-corrected chi connectivity index (χ0v) is 14.7. The van der Waals surface area contributed by atoms with Crippen molar-refractivity contribution in [3.63, 3.8) is 0 Å². The number of carbonyl (C=O) groups excluding carboxylic acids is 1. The molecule has 0 bridgehead atoms. The standard InChI is InChI=1S/C17H26ClN3O/c1-13(16(22)19-17(2,3)4)20-8-10-21(11-9-20)15-7-5-6-14(18)12-15/h5-7,12-13H,8-11H2,1-4H3,(H,19,22)/t13-/m1/s1. The van der Waals surface area contributed by atoms with Gasteiger partial charge >= 0.3 is 0 Å². The third kappa shape index (κ3) is 4.62. The van der Waals surface area contributed by atoms with Crippen LogP contribution < -0.4 is 10.2 Å². The number of amides is 1. The summed E-state index contributed by atoms with van der Waals surface area (Å²) in [5.74, 6) is 0.101. The first-order valence-corrected chi connectivity index (χ1v) is 8.21. The number of nitrogens with zero attached hydrogens (tertiary/aromatic N) is 2. The van der Waals surface area contributed by atoms with E-state index in [0.717, 1.165) is 36.9 Å². The molecule has 1 saturated heterocycles. The van der Waals surface area contributed by atoms with Gasteiger partial charge in [-0.05, 0) is 45.9 Å². The van der Waals surface area contributed by atoms with Gasteiger partial charge in [0.25, 0.3) is 0 Å². The smallest absolute Gasteiger partial charge is 0.237 e. The molecule has 1 aromatic rings. The fourth-order valence-electron chi connectivity index (χ4n) is 2.68. The first-order chi connectivity index (χ1) is 10.3. The van der Waals surface area contributed by atoms with E-state index in [1.54, 1.807) is 0 Å². The summed E-state index contributed by atoms with van der Waals surface area (Å²) in [6.07, 6.45) is 0. The lowest BCUT2D eigenvalue weighted by molar-refractivity contribution is -0.127. The summed E-state index contributed by atoms with van der Waals surface area (Å²) in [4.78, 5) is 16.8. The minimum atomic E-state index is -0.187. The van der Waals surface area contributed by atoms with Crippen molar-refractivity contribution in [2.45, 2.75) is 39.3 Å². The van der Waals surface area contributed by atoms with E-state index in [-0.39, 0.29) is 17.5 Å². The third-order valence-electron chi connectivity index (χ3n) is 3.91. The van der Waals surface area contributed by atoms with E-state index in [4.69, 9.17) is 11.6 Å². The van der Waals surface area contributed by atoms with E-state index in [0.29, 0.717) is 0 Å². The Morgan fingerprint density at radius 2 is 1.86 bits per heavy atom. The number of benzene rings is 1. The van der Waals surface area contributed by atoms with Gasteiger partial charge in [0.2, 0.25) is 5.91 Å². The molecule has 1 fully saturated rings. The van der Waals surface area contributed by atoms with Crippen molar-refractivity contribution in [2.24, 2.45) is 0 Å². The van der Waals surface area contributed by atoms with Gasteiger partial charge in [-0.1, -0.05) is 17.7 Å². The Bertz CT molecular complexity index is 519. The summed E-state index contributed by atoms with van der Waals surface area (Å²) in [6, 6.07) is 7.84. The summed E-state index contributed by atoms with van der Waals surface area (Å²) in [5.41, 5.74) is 0.965. The maximum atomic E-state index is 12.3. The molecular formula is C17H26ClN3O. The van der Waals surface area contributed by atoms with Gasteiger partial charge in [0.1, 0.15) is 0 Å². The van der Waals surface area contributed by atoms with Gasteiger partial charge in [0.05, 0.1) is 6.04 Å². The molecule has 0 spiro atoms. The van der Waals surface area contributed by atoms with Crippen molar-refractivity contribution in [3.8, 4) is 0 Å². The van der Waals surface area contributed by atoms with Gasteiger partial charge in [0, 0.05) is 42.4 Å². The van der Waals surface area contributed by atoms with Gasteiger partial charge < -0.3 is 10.2 Å². The Labute approximate surface area is 138 Å². The van der Waals surface area contributed by atoms with Crippen LogP contribution in [-0.4, -0.2) is 48.6 Å². The molecule has 1 aliphatic rings. The SMILES string of the molecule is C[C@H](C(=O)NC(C)(C)C)N1CCN(c2cccc(Cl)c2)CC1. The van der Waals surface area contributed by atoms with Gasteiger partial charge in [-0.2, -0.15) is 0 Å². The van der Waals surface area contributed by atoms with Gasteiger partial charge in [0.15, 0.2) is 0 Å². The molecule has 0 aliphatic carbocycles. The van der Waals surface area contributed by atoms with E-state index in [9.17, 15) is 4.79 Å². The van der Waals surface area contributed by atoms with Crippen molar-refractivity contribution in [3.05, 3.63) is 29.3 Å². The first kappa shape index (κ1) is 17.1. The van der Waals surface area contributed by atoms with E-state index in [1.165, 1.54) is 0 Å². The topological polar surface area (TPSA) is 35.6 Å². The quantitative estimate of drug-likeness (QED) is 0.929. The van der Waals surface area contributed by atoms with Crippen molar-refractivity contribution in [1.82, 2.24) is 10.2 Å². The summed E-state index contributed by atoms with van der Waals surface area (Å²) in [7, 11) is 0. The highest BCUT2D eigenvalue weighted by atomic mass is 35.5. The predicted octanol–water partition coefficient (Wildman–Crippen LogP) is 2.77. The lowest BCUT2D eigenvalue weighted by Crippen LogP contribution is -2.56. The van der Waals surface area contributed by atoms with Crippen molar-refractivity contribution >= 4 is 23.2 Å². The zero-order chi connectivity index (χ0) is 16.3. The fraction of sp³-hybridized carbons (Fsp3) is 0.588. The van der Waals surface area contributed by atoms with Crippen LogP contribution >= 0.6 is 11.6 Å². The van der Waals surface area contributed by atoms with E-state index >= 15 is 0 Å². The number of anilines is 1. The second kappa shape index (κ2) is 6.88. The molecular weight excluding hydrogens is 298 g/mol. The summed E-state index contributed by atoms with van der Waals surface area (Å²) >= 11 is 6.06. The highest BCUT2D eigenvalue weighted by molar-refractivity contribution is 6.30. The number of halogens is 1. The van der Waals surface area contributed by atoms with Crippen molar-refractivity contribution in [2.75, 3.05) is 31.1 Å². The number of hydrogen-bond donors (Lipinski definition) is 1. The largest absolute Gasteiger partial charge is 0.369 e. The van der Waals surface area contributed by atoms with Crippen LogP contribution in [0.15, 0.2) is 24.3 Å². The molecule has 1 atom stereocenters. The van der Waals surface area contributed by atoms with Crippen molar-refractivity contribution < 1.29 is 4.79 Å². The van der Waals surface area contributed by atoms with E-state index in [2.05, 4.69) is 21.2 Å². The average Bonchev–Trinajstić information content (AvgIpc) is 2.45. The Hall–Kier alpha value is -1.26. The lowest BCUT2D eigenvalue weighted by Gasteiger charge is -2.39. The summed E-state index contributed by atoms with van der Waals surface area (Å²) in [5, 5.41) is 3.82. The molecule has 5 heteroatoms. The van der Waals surface area contributed by atoms with Crippen LogP contribution in [0.1, 0.15) is 27.7 Å². The second-order valence-electron chi connectivity index (χ2n) is 6.92. The molecule has 1 N–H and O–H groups in total. The molecule has 1 aliphatic heterocycles. The first-order valence-electron chi connectivity index (χ1n) is 7.83. The second-order valence-corrected chi connectivity index (χ2v) is 7.35. The van der Waals surface area contributed by atoms with E-state index in [1.807, 2.05) is 45.9 Å². The maximum absolute atomic E-state index is 12.3. The molecule has 1 heterocycles. The lowest BCUT2D eigenvalue weighted by atomic mass is 10.1. The monoisotopic (exact) mass is 323 g/mol. The van der Waals surface area contributed by atoms with Crippen LogP contribution in [0.2, 0.25) is 5.02 Å². The van der Waals surface area contributed by atoms with Gasteiger partial charge in [-0.15, -0.1) is 0 Å². The number of hydrogen-bond acceptors (Lipinski definition) is 3. The van der Waals surface area contributed by atoms with Crippen LogP contribution in [-0.2, 0) is 4.79 Å². The van der Waals surface area contributed by atoms with Gasteiger partial charge in [-0.25, -0.2) is 0 Å². The van der Waals surface area contributed by atoms with Crippen molar-refractivity contribution in [1.29, 1.82) is 0 Å². The Balaban J connectivity index is 1.90. The van der Waals surface area contributed by atoms with Crippen LogP contribution in [0.5, 0.6) is 0 Å². The molecule has 4 nitrogen and oxygen atoms in total. The Kier molecular flexibility index (Phi) is 5.35. The van der Waals surface area contributed by atoms with Crippen LogP contribution in [0.25, 0.3) is 0 Å². The molecule has 0 saturated carbocycles. The molecule has 0 aromatic heterocycles. The zero-order valence-electron chi connectivity index (χ0n) is 13.9. The molecule has 22 heavy (non-hydrogen) atoms. The van der Waals surface area contributed by atoms with Crippen LogP contribution in [0.4, 0.5) is 5.69 Å². The van der Waals surface area contributed by atoms with E-state index < -0.39 is 0 Å². The minimum absolute atomic E-state index is 0.0965. The fourth-order valence-corrected chi connectivity index (χ4v) is 2.86. The normalized spacial score (nSPS) is 18.1. The predicted molar refractivity (Wildman–Crippen MR) is 92.6 cm³/mol. The summed E-state index contributed by atoms with van der Waals surface area (Å²) in [6.45, 7) is 11.6. The number of nitrogens with one attached hydrogen (secondary N) is 1. The Morgan fingerprint density at radius 1 is 1.23 bits per heavy atom. The highest BCUT2D eigenvalue weighted by Crippen LogP contribution is 2.21. The van der Waals surface area contributed by atoms with Crippen LogP contribution in [0, 0.1) is 0 Å². The third-order valence-corrected chi connectivity index (χ3v) is 4.15. The molecule has 0 radical (unpaired) electrons. The Morgan fingerprint density at radius 3 is 2.41 bits per heavy atom. The molecule has 1 amide bonds. The van der Waals surface area contributed by atoms with Gasteiger partial charge in [-0.3, -0.25) is 9.69 Å². The highest BCUT2D eigenvalue weighted by Gasteiger charge is 2.27. The number of rotatable bonds is 3. The number of carbonyl (C=O) groups is 1. The summed E-state index contributed by atoms with van der Waals surface area (Å²) < 4.78 is 0. The maximum Gasteiger partial charge on any atom is 0.237 e. The molecule has 2 rings (SSSR count). The molecule has 0 unspecified atom stereocenters. The van der Waals surface area contributed by atoms with Crippen LogP contribution in [0.3, 0.4) is 0 Å². The number of piperazine rings is 1. The molecule has 1 aromatic carbocycles. The minimum Gasteiger partial charge on any atom is -0.369 e.